The van der Waals surface area contributed by atoms with Crippen LogP contribution in [0.2, 0.25) is 5.02 Å². The number of carbonyl (C=O) groups excluding carboxylic acids is 1. The highest BCUT2D eigenvalue weighted by Crippen LogP contribution is 2.33. The summed E-state index contributed by atoms with van der Waals surface area (Å²) in [6, 6.07) is 22.6. The highest BCUT2D eigenvalue weighted by atomic mass is 35.5. The van der Waals surface area contributed by atoms with Crippen molar-refractivity contribution in [1.82, 2.24) is 5.32 Å². The Kier molecular flexibility index (Phi) is 6.05. The first-order chi connectivity index (χ1) is 14.6. The first kappa shape index (κ1) is 20.0. The summed E-state index contributed by atoms with van der Waals surface area (Å²) in [6.07, 6.45) is 1.82. The molecule has 4 nitrogen and oxygen atoms in total. The number of ether oxygens (including phenoxy) is 2. The second-order valence-electron chi connectivity index (χ2n) is 7.04. The van der Waals surface area contributed by atoms with Gasteiger partial charge in [-0.1, -0.05) is 66.2 Å². The zero-order chi connectivity index (χ0) is 20.9. The van der Waals surface area contributed by atoms with E-state index >= 15 is 0 Å². The van der Waals surface area contributed by atoms with Crippen LogP contribution in [0.25, 0.3) is 11.6 Å². The van der Waals surface area contributed by atoms with Gasteiger partial charge in [0, 0.05) is 10.6 Å². The predicted molar refractivity (Wildman–Crippen MR) is 120 cm³/mol. The molecular weight excluding hydrogens is 398 g/mol. The van der Waals surface area contributed by atoms with Gasteiger partial charge >= 0.3 is 0 Å². The molecule has 5 heteroatoms. The number of carbonyl (C=O) groups is 1. The fraction of sp³-hybridized carbons (Fsp3) is 0.160. The molecule has 1 aliphatic heterocycles. The standard InChI is InChI=1S/C25H22ClNO3/c1-17(19-11-12-23-24(16-19)30-14-13-29-23)27-25(28)21(18-7-3-2-4-8-18)15-20-9-5-6-10-22(20)26/h2-12,15-17H,13-14H2,1H3,(H,27,28)/b21-15+/t17-/m0/s1. The Labute approximate surface area is 181 Å². The van der Waals surface area contributed by atoms with Crippen molar-refractivity contribution in [2.24, 2.45) is 0 Å². The van der Waals surface area contributed by atoms with Gasteiger partial charge in [-0.15, -0.1) is 0 Å². The Balaban J connectivity index is 1.61. The summed E-state index contributed by atoms with van der Waals surface area (Å²) in [4.78, 5) is 13.3. The van der Waals surface area contributed by atoms with Gasteiger partial charge < -0.3 is 14.8 Å². The molecule has 0 unspecified atom stereocenters. The minimum atomic E-state index is -0.216. The van der Waals surface area contributed by atoms with E-state index in [-0.39, 0.29) is 11.9 Å². The number of amides is 1. The predicted octanol–water partition coefficient (Wildman–Crippen LogP) is 5.53. The van der Waals surface area contributed by atoms with Crippen molar-refractivity contribution in [3.8, 4) is 11.5 Å². The molecule has 0 spiro atoms. The molecule has 0 aromatic heterocycles. The lowest BCUT2D eigenvalue weighted by atomic mass is 10.0. The third-order valence-electron chi connectivity index (χ3n) is 4.95. The molecule has 1 aliphatic rings. The molecule has 0 bridgehead atoms. The van der Waals surface area contributed by atoms with Gasteiger partial charge in [0.2, 0.25) is 0 Å². The van der Waals surface area contributed by atoms with Crippen molar-refractivity contribution in [2.45, 2.75) is 13.0 Å². The first-order valence-corrected chi connectivity index (χ1v) is 10.2. The van der Waals surface area contributed by atoms with Gasteiger partial charge in [0.25, 0.3) is 5.91 Å². The molecule has 0 saturated carbocycles. The molecule has 1 atom stereocenters. The van der Waals surface area contributed by atoms with E-state index in [0.717, 1.165) is 22.4 Å². The average molecular weight is 420 g/mol. The second-order valence-corrected chi connectivity index (χ2v) is 7.45. The number of fused-ring (bicyclic) bond motifs is 1. The van der Waals surface area contributed by atoms with Crippen molar-refractivity contribution >= 4 is 29.2 Å². The number of rotatable bonds is 5. The molecule has 0 radical (unpaired) electrons. The fourth-order valence-corrected chi connectivity index (χ4v) is 3.52. The van der Waals surface area contributed by atoms with Gasteiger partial charge in [-0.05, 0) is 47.9 Å². The minimum absolute atomic E-state index is 0.177. The van der Waals surface area contributed by atoms with Crippen LogP contribution in [0.1, 0.15) is 29.7 Å². The third-order valence-corrected chi connectivity index (χ3v) is 5.29. The van der Waals surface area contributed by atoms with E-state index in [1.54, 1.807) is 0 Å². The summed E-state index contributed by atoms with van der Waals surface area (Å²) in [7, 11) is 0. The number of hydrogen-bond acceptors (Lipinski definition) is 3. The van der Waals surface area contributed by atoms with Crippen LogP contribution in [-0.2, 0) is 4.79 Å². The smallest absolute Gasteiger partial charge is 0.252 e. The molecule has 1 N–H and O–H groups in total. The lowest BCUT2D eigenvalue weighted by Crippen LogP contribution is -2.27. The molecule has 3 aromatic rings. The van der Waals surface area contributed by atoms with E-state index < -0.39 is 0 Å². The SMILES string of the molecule is C[C@H](NC(=O)/C(=C/c1ccccc1Cl)c1ccccc1)c1ccc2c(c1)OCCO2. The van der Waals surface area contributed by atoms with Crippen LogP contribution >= 0.6 is 11.6 Å². The van der Waals surface area contributed by atoms with Gasteiger partial charge in [-0.25, -0.2) is 0 Å². The molecule has 0 aliphatic carbocycles. The summed E-state index contributed by atoms with van der Waals surface area (Å²) >= 11 is 6.33. The van der Waals surface area contributed by atoms with Gasteiger partial charge in [0.05, 0.1) is 6.04 Å². The van der Waals surface area contributed by atoms with E-state index in [1.165, 1.54) is 0 Å². The lowest BCUT2D eigenvalue weighted by molar-refractivity contribution is -0.116. The van der Waals surface area contributed by atoms with E-state index in [4.69, 9.17) is 21.1 Å². The molecule has 0 fully saturated rings. The van der Waals surface area contributed by atoms with Crippen LogP contribution in [0.15, 0.2) is 72.8 Å². The van der Waals surface area contributed by atoms with Gasteiger partial charge in [-0.2, -0.15) is 0 Å². The molecule has 30 heavy (non-hydrogen) atoms. The van der Waals surface area contributed by atoms with Gasteiger partial charge in [0.15, 0.2) is 11.5 Å². The first-order valence-electron chi connectivity index (χ1n) is 9.84. The Morgan fingerprint density at radius 2 is 1.67 bits per heavy atom. The lowest BCUT2D eigenvalue weighted by Gasteiger charge is -2.21. The zero-order valence-electron chi connectivity index (χ0n) is 16.6. The summed E-state index contributed by atoms with van der Waals surface area (Å²) in [5.41, 5.74) is 3.11. The van der Waals surface area contributed by atoms with Crippen molar-refractivity contribution in [1.29, 1.82) is 0 Å². The number of benzene rings is 3. The maximum Gasteiger partial charge on any atom is 0.252 e. The highest BCUT2D eigenvalue weighted by Gasteiger charge is 2.19. The number of nitrogens with one attached hydrogen (secondary N) is 1. The van der Waals surface area contributed by atoms with Crippen LogP contribution in [0.5, 0.6) is 11.5 Å². The molecule has 0 saturated heterocycles. The number of halogens is 1. The molecular formula is C25H22ClNO3. The summed E-state index contributed by atoms with van der Waals surface area (Å²) in [5, 5.41) is 3.69. The van der Waals surface area contributed by atoms with Crippen LogP contribution < -0.4 is 14.8 Å². The molecule has 1 heterocycles. The highest BCUT2D eigenvalue weighted by molar-refractivity contribution is 6.33. The Hall–Kier alpha value is -3.24. The van der Waals surface area contributed by atoms with E-state index in [2.05, 4.69) is 5.32 Å². The molecule has 4 rings (SSSR count). The van der Waals surface area contributed by atoms with Gasteiger partial charge in [0.1, 0.15) is 13.2 Å². The topological polar surface area (TPSA) is 47.6 Å². The van der Waals surface area contributed by atoms with Crippen LogP contribution in [0, 0.1) is 0 Å². The van der Waals surface area contributed by atoms with Crippen molar-refractivity contribution in [3.63, 3.8) is 0 Å². The largest absolute Gasteiger partial charge is 0.486 e. The maximum absolute atomic E-state index is 13.3. The summed E-state index contributed by atoms with van der Waals surface area (Å²) in [6.45, 7) is 3.02. The minimum Gasteiger partial charge on any atom is -0.486 e. The van der Waals surface area contributed by atoms with E-state index in [0.29, 0.717) is 29.6 Å². The Morgan fingerprint density at radius 1 is 0.967 bits per heavy atom. The van der Waals surface area contributed by atoms with E-state index in [1.807, 2.05) is 85.8 Å². The van der Waals surface area contributed by atoms with E-state index in [9.17, 15) is 4.79 Å². The zero-order valence-corrected chi connectivity index (χ0v) is 17.4. The van der Waals surface area contributed by atoms with Crippen LogP contribution in [0.3, 0.4) is 0 Å². The van der Waals surface area contributed by atoms with Crippen LogP contribution in [0.4, 0.5) is 0 Å². The molecule has 152 valence electrons. The number of hydrogen-bond donors (Lipinski definition) is 1. The summed E-state index contributed by atoms with van der Waals surface area (Å²) in [5.74, 6) is 1.25. The van der Waals surface area contributed by atoms with Crippen molar-refractivity contribution in [3.05, 3.63) is 94.5 Å². The monoisotopic (exact) mass is 419 g/mol. The quantitative estimate of drug-likeness (QED) is 0.437. The second kappa shape index (κ2) is 9.06. The summed E-state index contributed by atoms with van der Waals surface area (Å²) < 4.78 is 11.2. The van der Waals surface area contributed by atoms with Crippen LogP contribution in [-0.4, -0.2) is 19.1 Å². The maximum atomic E-state index is 13.3. The average Bonchev–Trinajstić information content (AvgIpc) is 2.78. The van der Waals surface area contributed by atoms with Crippen molar-refractivity contribution in [2.75, 3.05) is 13.2 Å². The molecule has 3 aromatic carbocycles. The normalized spacial score (nSPS) is 14.1. The van der Waals surface area contributed by atoms with Gasteiger partial charge in [-0.3, -0.25) is 4.79 Å². The van der Waals surface area contributed by atoms with Crippen molar-refractivity contribution < 1.29 is 14.3 Å². The Bertz CT molecular complexity index is 1080. The third kappa shape index (κ3) is 4.50. The fourth-order valence-electron chi connectivity index (χ4n) is 3.33. The Morgan fingerprint density at radius 3 is 2.43 bits per heavy atom. The molecule has 1 amide bonds.